The molecule has 0 aliphatic heterocycles. The van der Waals surface area contributed by atoms with Crippen LogP contribution in [0.4, 0.5) is 0 Å². The van der Waals surface area contributed by atoms with Crippen LogP contribution in [0.5, 0.6) is 17.2 Å². The summed E-state index contributed by atoms with van der Waals surface area (Å²) in [6, 6.07) is 19.7. The number of amides is 1. The first kappa shape index (κ1) is 23.5. The van der Waals surface area contributed by atoms with E-state index in [1.165, 1.54) is 32.2 Å². The molecule has 4 rings (SSSR count). The number of nitrogens with one attached hydrogen (secondary N) is 1. The average Bonchev–Trinajstić information content (AvgIpc) is 2.90. The maximum atomic E-state index is 13.0. The van der Waals surface area contributed by atoms with Gasteiger partial charge in [-0.3, -0.25) is 9.59 Å². The number of ether oxygens (including phenoxy) is 3. The summed E-state index contributed by atoms with van der Waals surface area (Å²) < 4.78 is 17.3. The van der Waals surface area contributed by atoms with E-state index in [1.807, 2.05) is 30.3 Å². The fraction of sp³-hybridized carbons (Fsp3) is 0.154. The minimum Gasteiger partial charge on any atom is -0.493 e. The second kappa shape index (κ2) is 10.5. The summed E-state index contributed by atoms with van der Waals surface area (Å²) in [5.74, 6) is 0.819. The molecule has 0 radical (unpaired) electrons. The fourth-order valence-corrected chi connectivity index (χ4v) is 3.66. The number of rotatable bonds is 8. The highest BCUT2D eigenvalue weighted by Crippen LogP contribution is 2.37. The summed E-state index contributed by atoms with van der Waals surface area (Å²) in [6.45, 7) is 0.236. The summed E-state index contributed by atoms with van der Waals surface area (Å²) >= 11 is 0. The van der Waals surface area contributed by atoms with Crippen molar-refractivity contribution < 1.29 is 19.0 Å². The number of hydrogen-bond acceptors (Lipinski definition) is 7. The van der Waals surface area contributed by atoms with Gasteiger partial charge in [-0.1, -0.05) is 48.5 Å². The number of hydrazone groups is 1. The third kappa shape index (κ3) is 4.98. The van der Waals surface area contributed by atoms with E-state index < -0.39 is 5.91 Å². The molecular formula is C26H24N4O5. The molecule has 9 nitrogen and oxygen atoms in total. The van der Waals surface area contributed by atoms with E-state index in [9.17, 15) is 9.59 Å². The van der Waals surface area contributed by atoms with Crippen molar-refractivity contribution in [3.63, 3.8) is 0 Å². The van der Waals surface area contributed by atoms with Gasteiger partial charge in [0.1, 0.15) is 0 Å². The van der Waals surface area contributed by atoms with Crippen LogP contribution in [0.25, 0.3) is 10.8 Å². The maximum Gasteiger partial charge on any atom is 0.292 e. The number of carbonyl (C=O) groups excluding carboxylic acids is 1. The summed E-state index contributed by atoms with van der Waals surface area (Å²) in [7, 11) is 4.55. The van der Waals surface area contributed by atoms with Crippen LogP contribution in [0.15, 0.2) is 76.6 Å². The minimum atomic E-state index is -0.549. The molecule has 0 spiro atoms. The third-order valence-corrected chi connectivity index (χ3v) is 5.32. The molecule has 1 amide bonds. The number of aromatic nitrogens is 2. The van der Waals surface area contributed by atoms with Crippen molar-refractivity contribution >= 4 is 22.9 Å². The average molecular weight is 473 g/mol. The van der Waals surface area contributed by atoms with Crippen molar-refractivity contribution in [1.82, 2.24) is 15.2 Å². The van der Waals surface area contributed by atoms with Gasteiger partial charge in [-0.25, -0.2) is 10.1 Å². The first-order valence-electron chi connectivity index (χ1n) is 10.7. The van der Waals surface area contributed by atoms with Crippen molar-refractivity contribution in [3.8, 4) is 17.2 Å². The van der Waals surface area contributed by atoms with Gasteiger partial charge in [0.25, 0.3) is 11.5 Å². The first-order valence-corrected chi connectivity index (χ1v) is 10.7. The van der Waals surface area contributed by atoms with E-state index >= 15 is 0 Å². The van der Waals surface area contributed by atoms with Crippen molar-refractivity contribution in [2.45, 2.75) is 6.54 Å². The monoisotopic (exact) mass is 472 g/mol. The van der Waals surface area contributed by atoms with Gasteiger partial charge in [-0.2, -0.15) is 10.2 Å². The number of hydrogen-bond donors (Lipinski definition) is 1. The summed E-state index contributed by atoms with van der Waals surface area (Å²) in [5.41, 5.74) is 3.82. The number of methoxy groups -OCH3 is 3. The zero-order valence-electron chi connectivity index (χ0n) is 19.5. The Morgan fingerprint density at radius 3 is 2.20 bits per heavy atom. The predicted octanol–water partition coefficient (Wildman–Crippen LogP) is 3.23. The molecule has 178 valence electrons. The highest BCUT2D eigenvalue weighted by Gasteiger charge is 2.17. The van der Waals surface area contributed by atoms with Gasteiger partial charge < -0.3 is 14.2 Å². The molecule has 0 unspecified atom stereocenters. The number of carbonyl (C=O) groups is 1. The standard InChI is InChI=1S/C26H24N4O5/c1-33-21-13-18(14-22(34-2)24(21)35-3)15-27-28-25(31)23-19-11-7-8-12-20(19)26(32)30(29-23)16-17-9-5-4-6-10-17/h4-15H,16H2,1-3H3,(H,28,31)/b27-15-. The van der Waals surface area contributed by atoms with Gasteiger partial charge in [0, 0.05) is 10.9 Å². The lowest BCUT2D eigenvalue weighted by molar-refractivity contribution is 0.0949. The molecular weight excluding hydrogens is 448 g/mol. The summed E-state index contributed by atoms with van der Waals surface area (Å²) in [6.07, 6.45) is 1.45. The molecule has 0 atom stereocenters. The Kier molecular flexibility index (Phi) is 7.06. The van der Waals surface area contributed by atoms with Crippen molar-refractivity contribution in [2.75, 3.05) is 21.3 Å². The van der Waals surface area contributed by atoms with E-state index in [4.69, 9.17) is 14.2 Å². The van der Waals surface area contributed by atoms with Crippen LogP contribution in [0.3, 0.4) is 0 Å². The van der Waals surface area contributed by atoms with Gasteiger partial charge in [0.05, 0.1) is 39.5 Å². The highest BCUT2D eigenvalue weighted by atomic mass is 16.5. The van der Waals surface area contributed by atoms with E-state index in [0.717, 1.165) is 5.56 Å². The van der Waals surface area contributed by atoms with Gasteiger partial charge in [0.2, 0.25) is 5.75 Å². The molecule has 1 aromatic heterocycles. The number of nitrogens with zero attached hydrogens (tertiary/aromatic N) is 3. The molecule has 0 fully saturated rings. The Morgan fingerprint density at radius 1 is 0.943 bits per heavy atom. The molecule has 9 heteroatoms. The quantitative estimate of drug-likeness (QED) is 0.312. The van der Waals surface area contributed by atoms with Crippen LogP contribution < -0.4 is 25.2 Å². The molecule has 0 saturated carbocycles. The van der Waals surface area contributed by atoms with E-state index in [-0.39, 0.29) is 17.8 Å². The largest absolute Gasteiger partial charge is 0.493 e. The van der Waals surface area contributed by atoms with Crippen molar-refractivity contribution in [3.05, 3.63) is 93.9 Å². The molecule has 3 aromatic carbocycles. The molecule has 0 bridgehead atoms. The molecule has 0 aliphatic carbocycles. The van der Waals surface area contributed by atoms with Crippen molar-refractivity contribution in [2.24, 2.45) is 5.10 Å². The number of fused-ring (bicyclic) bond motifs is 1. The molecule has 4 aromatic rings. The van der Waals surface area contributed by atoms with Crippen molar-refractivity contribution in [1.29, 1.82) is 0 Å². The Bertz CT molecular complexity index is 1420. The minimum absolute atomic E-state index is 0.0955. The first-order chi connectivity index (χ1) is 17.0. The summed E-state index contributed by atoms with van der Waals surface area (Å²) in [4.78, 5) is 26.0. The van der Waals surface area contributed by atoms with Crippen LogP contribution in [0.1, 0.15) is 21.6 Å². The normalized spacial score (nSPS) is 10.9. The fourth-order valence-electron chi connectivity index (χ4n) is 3.66. The second-order valence-electron chi connectivity index (χ2n) is 7.50. The molecule has 1 heterocycles. The molecule has 0 aliphatic rings. The third-order valence-electron chi connectivity index (χ3n) is 5.32. The Balaban J connectivity index is 1.64. The van der Waals surface area contributed by atoms with Crippen LogP contribution in [-0.2, 0) is 6.54 Å². The van der Waals surface area contributed by atoms with Gasteiger partial charge >= 0.3 is 0 Å². The lowest BCUT2D eigenvalue weighted by Gasteiger charge is -2.12. The number of benzene rings is 3. The molecule has 1 N–H and O–H groups in total. The van der Waals surface area contributed by atoms with Crippen LogP contribution >= 0.6 is 0 Å². The maximum absolute atomic E-state index is 13.0. The lowest BCUT2D eigenvalue weighted by Crippen LogP contribution is -2.29. The van der Waals surface area contributed by atoms with Crippen LogP contribution in [-0.4, -0.2) is 43.2 Å². The highest BCUT2D eigenvalue weighted by molar-refractivity contribution is 6.05. The van der Waals surface area contributed by atoms with Crippen LogP contribution in [0.2, 0.25) is 0 Å². The van der Waals surface area contributed by atoms with E-state index in [2.05, 4.69) is 15.6 Å². The Labute approximate surface area is 201 Å². The smallest absolute Gasteiger partial charge is 0.292 e. The zero-order chi connectivity index (χ0) is 24.8. The van der Waals surface area contributed by atoms with Gasteiger partial charge in [0.15, 0.2) is 17.2 Å². The zero-order valence-corrected chi connectivity index (χ0v) is 19.5. The van der Waals surface area contributed by atoms with Crippen LogP contribution in [0, 0.1) is 0 Å². The van der Waals surface area contributed by atoms with E-state index in [0.29, 0.717) is 33.6 Å². The predicted molar refractivity (Wildman–Crippen MR) is 133 cm³/mol. The topological polar surface area (TPSA) is 104 Å². The second-order valence-corrected chi connectivity index (χ2v) is 7.50. The van der Waals surface area contributed by atoms with Gasteiger partial charge in [-0.15, -0.1) is 0 Å². The lowest BCUT2D eigenvalue weighted by atomic mass is 10.1. The van der Waals surface area contributed by atoms with Gasteiger partial charge in [-0.05, 0) is 23.8 Å². The SMILES string of the molecule is COc1cc(/C=N\NC(=O)c2nn(Cc3ccccc3)c(=O)c3ccccc23)cc(OC)c1OC. The molecule has 0 saturated heterocycles. The molecule has 35 heavy (non-hydrogen) atoms. The Hall–Kier alpha value is -4.66. The summed E-state index contributed by atoms with van der Waals surface area (Å²) in [5, 5.41) is 9.27. The Morgan fingerprint density at radius 2 is 1.57 bits per heavy atom. The van der Waals surface area contributed by atoms with E-state index in [1.54, 1.807) is 36.4 Å².